The van der Waals surface area contributed by atoms with Crippen LogP contribution in [0.15, 0.2) is 42.5 Å². The Kier molecular flexibility index (Phi) is 4.00. The minimum atomic E-state index is -0.515. The number of ether oxygens (including phenoxy) is 1. The van der Waals surface area contributed by atoms with Gasteiger partial charge in [-0.3, -0.25) is 4.79 Å². The molecule has 0 fully saturated rings. The largest absolute Gasteiger partial charge is 0.457 e. The fourth-order valence-corrected chi connectivity index (χ4v) is 1.86. The highest BCUT2D eigenvalue weighted by Gasteiger charge is 2.14. The van der Waals surface area contributed by atoms with E-state index in [1.807, 2.05) is 0 Å². The Morgan fingerprint density at radius 1 is 1.20 bits per heavy atom. The number of rotatable bonds is 4. The van der Waals surface area contributed by atoms with Crippen molar-refractivity contribution >= 4 is 5.91 Å². The first-order valence-electron chi connectivity index (χ1n) is 6.10. The minimum absolute atomic E-state index is 0.312. The van der Waals surface area contributed by atoms with Crippen molar-refractivity contribution in [2.24, 2.45) is 11.5 Å². The molecule has 2 aromatic rings. The van der Waals surface area contributed by atoms with Gasteiger partial charge in [-0.2, -0.15) is 0 Å². The van der Waals surface area contributed by atoms with E-state index in [4.69, 9.17) is 16.2 Å². The van der Waals surface area contributed by atoms with Gasteiger partial charge in [0.2, 0.25) is 5.91 Å². The lowest BCUT2D eigenvalue weighted by Crippen LogP contribution is -2.10. The number of benzene rings is 2. The van der Waals surface area contributed by atoms with Crippen LogP contribution in [0.1, 0.15) is 28.9 Å². The highest BCUT2D eigenvalue weighted by atomic mass is 19.1. The summed E-state index contributed by atoms with van der Waals surface area (Å²) in [5.74, 6) is -0.0980. The second-order valence-corrected chi connectivity index (χ2v) is 4.43. The van der Waals surface area contributed by atoms with E-state index in [0.717, 1.165) is 0 Å². The number of nitrogens with two attached hydrogens (primary N) is 2. The summed E-state index contributed by atoms with van der Waals surface area (Å²) in [6.07, 6.45) is 0. The number of halogens is 1. The fraction of sp³-hybridized carbons (Fsp3) is 0.133. The van der Waals surface area contributed by atoms with Gasteiger partial charge in [0, 0.05) is 17.2 Å². The highest BCUT2D eigenvalue weighted by Crippen LogP contribution is 2.30. The Bertz CT molecular complexity index is 624. The molecule has 0 saturated carbocycles. The summed E-state index contributed by atoms with van der Waals surface area (Å²) < 4.78 is 19.4. The molecule has 1 atom stereocenters. The maximum Gasteiger partial charge on any atom is 0.248 e. The van der Waals surface area contributed by atoms with Crippen LogP contribution in [-0.4, -0.2) is 5.91 Å². The lowest BCUT2D eigenvalue weighted by molar-refractivity contribution is 0.100. The zero-order valence-corrected chi connectivity index (χ0v) is 11.0. The van der Waals surface area contributed by atoms with Crippen LogP contribution in [0.3, 0.4) is 0 Å². The summed E-state index contributed by atoms with van der Waals surface area (Å²) in [5, 5.41) is 0. The van der Waals surface area contributed by atoms with Gasteiger partial charge in [0.05, 0.1) is 0 Å². The maximum atomic E-state index is 13.8. The Hall–Kier alpha value is -2.40. The standard InChI is InChI=1S/C15H15FN2O2/c1-9(17)14-12(16)3-2-4-13(14)20-11-7-5-10(6-8-11)15(18)19/h2-9H,17H2,1H3,(H2,18,19)/t9-/m1/s1. The molecule has 104 valence electrons. The molecule has 0 heterocycles. The topological polar surface area (TPSA) is 78.3 Å². The summed E-state index contributed by atoms with van der Waals surface area (Å²) in [5.41, 5.74) is 11.6. The SMILES string of the molecule is C[C@@H](N)c1c(F)cccc1Oc1ccc(C(N)=O)cc1. The molecule has 0 radical (unpaired) electrons. The molecule has 0 saturated heterocycles. The molecule has 4 nitrogen and oxygen atoms in total. The predicted octanol–water partition coefficient (Wildman–Crippen LogP) is 2.74. The van der Waals surface area contributed by atoms with Gasteiger partial charge >= 0.3 is 0 Å². The minimum Gasteiger partial charge on any atom is -0.457 e. The van der Waals surface area contributed by atoms with Gasteiger partial charge in [-0.05, 0) is 43.3 Å². The molecule has 0 aromatic heterocycles. The summed E-state index contributed by atoms with van der Waals surface area (Å²) >= 11 is 0. The molecule has 0 aliphatic carbocycles. The van der Waals surface area contributed by atoms with E-state index in [2.05, 4.69) is 0 Å². The van der Waals surface area contributed by atoms with Crippen molar-refractivity contribution < 1.29 is 13.9 Å². The van der Waals surface area contributed by atoms with E-state index in [9.17, 15) is 9.18 Å². The average molecular weight is 274 g/mol. The summed E-state index contributed by atoms with van der Waals surface area (Å²) in [4.78, 5) is 11.0. The fourth-order valence-electron chi connectivity index (χ4n) is 1.86. The molecular formula is C15H15FN2O2. The van der Waals surface area contributed by atoms with E-state index >= 15 is 0 Å². The third-order valence-electron chi connectivity index (χ3n) is 2.83. The molecular weight excluding hydrogens is 259 g/mol. The van der Waals surface area contributed by atoms with Gasteiger partial charge in [-0.1, -0.05) is 6.07 Å². The first kappa shape index (κ1) is 14.0. The number of carbonyl (C=O) groups is 1. The number of hydrogen-bond donors (Lipinski definition) is 2. The van der Waals surface area contributed by atoms with Crippen LogP contribution in [-0.2, 0) is 0 Å². The highest BCUT2D eigenvalue weighted by molar-refractivity contribution is 5.92. The third-order valence-corrected chi connectivity index (χ3v) is 2.83. The lowest BCUT2D eigenvalue weighted by Gasteiger charge is -2.14. The van der Waals surface area contributed by atoms with Crippen LogP contribution >= 0.6 is 0 Å². The molecule has 0 aliphatic heterocycles. The molecule has 0 aliphatic rings. The van der Waals surface area contributed by atoms with E-state index in [0.29, 0.717) is 22.6 Å². The second kappa shape index (κ2) is 5.71. The predicted molar refractivity (Wildman–Crippen MR) is 74.0 cm³/mol. The smallest absolute Gasteiger partial charge is 0.248 e. The number of primary amides is 1. The normalized spacial score (nSPS) is 11.9. The van der Waals surface area contributed by atoms with Crippen LogP contribution in [0.5, 0.6) is 11.5 Å². The Labute approximate surface area is 116 Å². The third kappa shape index (κ3) is 2.95. The van der Waals surface area contributed by atoms with Gasteiger partial charge in [0.1, 0.15) is 17.3 Å². The van der Waals surface area contributed by atoms with Crippen LogP contribution in [0.4, 0.5) is 4.39 Å². The van der Waals surface area contributed by atoms with Gasteiger partial charge in [-0.25, -0.2) is 4.39 Å². The van der Waals surface area contributed by atoms with E-state index in [1.165, 1.54) is 6.07 Å². The van der Waals surface area contributed by atoms with Gasteiger partial charge in [0.15, 0.2) is 0 Å². The van der Waals surface area contributed by atoms with Gasteiger partial charge < -0.3 is 16.2 Å². The monoisotopic (exact) mass is 274 g/mol. The van der Waals surface area contributed by atoms with Gasteiger partial charge in [0.25, 0.3) is 0 Å². The number of hydrogen-bond acceptors (Lipinski definition) is 3. The molecule has 0 bridgehead atoms. The average Bonchev–Trinajstić information content (AvgIpc) is 2.39. The molecule has 5 heteroatoms. The van der Waals surface area contributed by atoms with Crippen molar-refractivity contribution in [2.75, 3.05) is 0 Å². The van der Waals surface area contributed by atoms with Crippen molar-refractivity contribution in [1.29, 1.82) is 0 Å². The first-order chi connectivity index (χ1) is 9.49. The second-order valence-electron chi connectivity index (χ2n) is 4.43. The zero-order valence-electron chi connectivity index (χ0n) is 11.0. The maximum absolute atomic E-state index is 13.8. The quantitative estimate of drug-likeness (QED) is 0.899. The summed E-state index contributed by atoms with van der Waals surface area (Å²) in [7, 11) is 0. The van der Waals surface area contributed by atoms with E-state index in [1.54, 1.807) is 43.3 Å². The molecule has 2 rings (SSSR count). The number of amides is 1. The first-order valence-corrected chi connectivity index (χ1v) is 6.10. The molecule has 20 heavy (non-hydrogen) atoms. The summed E-state index contributed by atoms with van der Waals surface area (Å²) in [6, 6.07) is 10.3. The molecule has 0 unspecified atom stereocenters. The van der Waals surface area contributed by atoms with Crippen LogP contribution < -0.4 is 16.2 Å². The van der Waals surface area contributed by atoms with Crippen molar-refractivity contribution in [2.45, 2.75) is 13.0 Å². The van der Waals surface area contributed by atoms with Crippen LogP contribution in [0.2, 0.25) is 0 Å². The van der Waals surface area contributed by atoms with Crippen molar-refractivity contribution in [3.8, 4) is 11.5 Å². The zero-order chi connectivity index (χ0) is 14.7. The Balaban J connectivity index is 2.30. The summed E-state index contributed by atoms with van der Waals surface area (Å²) in [6.45, 7) is 1.68. The molecule has 1 amide bonds. The lowest BCUT2D eigenvalue weighted by atomic mass is 10.1. The molecule has 2 aromatic carbocycles. The van der Waals surface area contributed by atoms with E-state index in [-0.39, 0.29) is 0 Å². The molecule has 4 N–H and O–H groups in total. The van der Waals surface area contributed by atoms with Crippen LogP contribution in [0, 0.1) is 5.82 Å². The Morgan fingerprint density at radius 2 is 1.85 bits per heavy atom. The van der Waals surface area contributed by atoms with E-state index < -0.39 is 17.8 Å². The molecule has 0 spiro atoms. The number of carbonyl (C=O) groups excluding carboxylic acids is 1. The Morgan fingerprint density at radius 3 is 2.40 bits per heavy atom. The van der Waals surface area contributed by atoms with Crippen molar-refractivity contribution in [3.05, 3.63) is 59.4 Å². The van der Waals surface area contributed by atoms with Gasteiger partial charge in [-0.15, -0.1) is 0 Å². The van der Waals surface area contributed by atoms with Crippen LogP contribution in [0.25, 0.3) is 0 Å². The van der Waals surface area contributed by atoms with Crippen molar-refractivity contribution in [3.63, 3.8) is 0 Å². The van der Waals surface area contributed by atoms with Crippen molar-refractivity contribution in [1.82, 2.24) is 0 Å².